The molecule has 6 nitrogen and oxygen atoms in total. The number of fused-ring (bicyclic) bond motifs is 5. The van der Waals surface area contributed by atoms with Gasteiger partial charge in [-0.25, -0.2) is 4.98 Å². The van der Waals surface area contributed by atoms with Gasteiger partial charge in [-0.05, 0) is 35.9 Å². The number of para-hydroxylation sites is 3. The summed E-state index contributed by atoms with van der Waals surface area (Å²) in [6.07, 6.45) is 0. The molecule has 36 heavy (non-hydrogen) atoms. The predicted octanol–water partition coefficient (Wildman–Crippen LogP) is 5.69. The van der Waals surface area contributed by atoms with Gasteiger partial charge in [0.2, 0.25) is 11.7 Å². The topological polar surface area (TPSA) is 78.1 Å². The van der Waals surface area contributed by atoms with Gasteiger partial charge >= 0.3 is 0 Å². The Morgan fingerprint density at radius 2 is 1.89 bits per heavy atom. The minimum Gasteiger partial charge on any atom is -0.335 e. The SMILES string of the molecule is O=C(c1nc2ccccc2[nH]1)C1C(c2ccc(Cl)cc2Cl)C2CSCN2[C@@]12C(=O)Nc1ccccc12. The molecule has 0 radical (unpaired) electrons. The molecule has 7 rings (SSSR count). The molecule has 4 atom stereocenters. The van der Waals surface area contributed by atoms with E-state index in [0.717, 1.165) is 28.1 Å². The van der Waals surface area contributed by atoms with Crippen molar-refractivity contribution >= 4 is 63.4 Å². The van der Waals surface area contributed by atoms with E-state index in [1.807, 2.05) is 54.6 Å². The molecule has 1 aromatic heterocycles. The van der Waals surface area contributed by atoms with Crippen LogP contribution in [0.2, 0.25) is 10.0 Å². The Labute approximate surface area is 221 Å². The van der Waals surface area contributed by atoms with Crippen molar-refractivity contribution in [2.75, 3.05) is 16.9 Å². The van der Waals surface area contributed by atoms with Crippen molar-refractivity contribution in [2.45, 2.75) is 17.5 Å². The number of Topliss-reactive ketones (excluding diaryl/α,β-unsaturated/α-hetero) is 1. The highest BCUT2D eigenvalue weighted by Gasteiger charge is 2.70. The molecular weight excluding hydrogens is 515 g/mol. The summed E-state index contributed by atoms with van der Waals surface area (Å²) in [5, 5.41) is 4.10. The number of ketones is 1. The van der Waals surface area contributed by atoms with E-state index in [1.54, 1.807) is 23.9 Å². The van der Waals surface area contributed by atoms with Gasteiger partial charge in [0.15, 0.2) is 5.82 Å². The molecule has 180 valence electrons. The first-order valence-corrected chi connectivity index (χ1v) is 13.6. The Balaban J connectivity index is 1.50. The normalized spacial score (nSPS) is 26.9. The molecule has 1 spiro atoms. The molecule has 0 bridgehead atoms. The summed E-state index contributed by atoms with van der Waals surface area (Å²) in [5.41, 5.74) is 2.70. The van der Waals surface area contributed by atoms with Crippen LogP contribution in [-0.4, -0.2) is 44.2 Å². The standard InChI is InChI=1S/C27H20Cl2N4O2S/c28-14-9-10-15(17(29)11-14)22-21-12-36-13-33(21)27(16-5-1-2-6-18(16)32-26(27)35)23(22)24(34)25-30-19-7-3-4-8-20(19)31-25/h1-11,21-23H,12-13H2,(H,30,31)(H,32,35)/t21?,22?,23?,27-/m1/s1. The maximum atomic E-state index is 14.5. The lowest BCUT2D eigenvalue weighted by Gasteiger charge is -2.36. The molecule has 2 saturated heterocycles. The van der Waals surface area contributed by atoms with Crippen LogP contribution in [0.3, 0.4) is 0 Å². The van der Waals surface area contributed by atoms with E-state index < -0.39 is 11.5 Å². The van der Waals surface area contributed by atoms with Crippen LogP contribution in [0, 0.1) is 5.92 Å². The third-order valence-electron chi connectivity index (χ3n) is 7.76. The van der Waals surface area contributed by atoms with E-state index in [4.69, 9.17) is 23.2 Å². The van der Waals surface area contributed by atoms with E-state index in [-0.39, 0.29) is 29.5 Å². The third-order valence-corrected chi connectivity index (χ3v) is 9.36. The predicted molar refractivity (Wildman–Crippen MR) is 143 cm³/mol. The van der Waals surface area contributed by atoms with Gasteiger partial charge in [0, 0.05) is 44.9 Å². The minimum absolute atomic E-state index is 0.0658. The largest absolute Gasteiger partial charge is 0.335 e. The number of aromatic amines is 1. The number of rotatable bonds is 3. The van der Waals surface area contributed by atoms with Crippen molar-refractivity contribution in [3.8, 4) is 0 Å². The first-order chi connectivity index (χ1) is 17.5. The molecule has 3 aromatic carbocycles. The molecule has 0 aliphatic carbocycles. The van der Waals surface area contributed by atoms with E-state index >= 15 is 0 Å². The molecule has 1 amide bonds. The summed E-state index contributed by atoms with van der Waals surface area (Å²) in [6.45, 7) is 0. The number of imidazole rings is 1. The molecule has 4 aromatic rings. The Kier molecular flexibility index (Phi) is 5.02. The molecule has 3 unspecified atom stereocenters. The molecule has 0 saturated carbocycles. The highest BCUT2D eigenvalue weighted by Crippen LogP contribution is 2.61. The number of hydrogen-bond donors (Lipinski definition) is 2. The second-order valence-corrected chi connectivity index (χ2v) is 11.3. The number of anilines is 1. The summed E-state index contributed by atoms with van der Waals surface area (Å²) in [5.74, 6) is 0.213. The second kappa shape index (κ2) is 8.08. The van der Waals surface area contributed by atoms with Gasteiger partial charge in [0.25, 0.3) is 0 Å². The number of aromatic nitrogens is 2. The van der Waals surface area contributed by atoms with Crippen LogP contribution >= 0.6 is 35.0 Å². The van der Waals surface area contributed by atoms with Crippen molar-refractivity contribution in [3.63, 3.8) is 0 Å². The van der Waals surface area contributed by atoms with Crippen LogP contribution in [0.1, 0.15) is 27.7 Å². The molecule has 3 aliphatic heterocycles. The Bertz CT molecular complexity index is 1540. The van der Waals surface area contributed by atoms with Crippen LogP contribution in [0.25, 0.3) is 11.0 Å². The molecule has 9 heteroatoms. The van der Waals surface area contributed by atoms with Crippen molar-refractivity contribution in [3.05, 3.63) is 93.7 Å². The summed E-state index contributed by atoms with van der Waals surface area (Å²) < 4.78 is 0. The first-order valence-electron chi connectivity index (χ1n) is 11.7. The van der Waals surface area contributed by atoms with Crippen molar-refractivity contribution in [2.24, 2.45) is 5.92 Å². The number of carbonyl (C=O) groups is 2. The smallest absolute Gasteiger partial charge is 0.250 e. The van der Waals surface area contributed by atoms with E-state index in [2.05, 4.69) is 20.2 Å². The van der Waals surface area contributed by atoms with Gasteiger partial charge in [0.05, 0.1) is 17.0 Å². The minimum atomic E-state index is -1.17. The van der Waals surface area contributed by atoms with Gasteiger partial charge in [-0.15, -0.1) is 11.8 Å². The van der Waals surface area contributed by atoms with E-state index in [9.17, 15) is 9.59 Å². The Morgan fingerprint density at radius 3 is 2.72 bits per heavy atom. The van der Waals surface area contributed by atoms with Crippen molar-refractivity contribution in [1.29, 1.82) is 0 Å². The summed E-state index contributed by atoms with van der Waals surface area (Å²) >= 11 is 14.8. The quantitative estimate of drug-likeness (QED) is 0.330. The zero-order chi connectivity index (χ0) is 24.6. The van der Waals surface area contributed by atoms with Gasteiger partial charge in [0.1, 0.15) is 5.54 Å². The van der Waals surface area contributed by atoms with Crippen molar-refractivity contribution in [1.82, 2.24) is 14.9 Å². The third kappa shape index (κ3) is 2.94. The van der Waals surface area contributed by atoms with Crippen LogP contribution in [0.5, 0.6) is 0 Å². The number of hydrogen-bond acceptors (Lipinski definition) is 5. The number of nitrogens with zero attached hydrogens (tertiary/aromatic N) is 2. The van der Waals surface area contributed by atoms with Crippen LogP contribution in [0.4, 0.5) is 5.69 Å². The monoisotopic (exact) mass is 534 g/mol. The van der Waals surface area contributed by atoms with Crippen LogP contribution < -0.4 is 5.32 Å². The number of nitrogens with one attached hydrogen (secondary N) is 2. The number of thioether (sulfide) groups is 1. The van der Waals surface area contributed by atoms with Crippen LogP contribution in [0.15, 0.2) is 66.7 Å². The second-order valence-electron chi connectivity index (χ2n) is 9.44. The van der Waals surface area contributed by atoms with Gasteiger partial charge in [-0.3, -0.25) is 14.5 Å². The van der Waals surface area contributed by atoms with Gasteiger partial charge in [-0.2, -0.15) is 0 Å². The fraction of sp³-hybridized carbons (Fsp3) is 0.222. The number of carbonyl (C=O) groups excluding carboxylic acids is 2. The molecule has 2 N–H and O–H groups in total. The molecule has 3 aliphatic rings. The number of benzene rings is 3. The number of halogens is 2. The van der Waals surface area contributed by atoms with Gasteiger partial charge < -0.3 is 10.3 Å². The summed E-state index contributed by atoms with van der Waals surface area (Å²) in [7, 11) is 0. The highest BCUT2D eigenvalue weighted by atomic mass is 35.5. The summed E-state index contributed by atoms with van der Waals surface area (Å²) in [4.78, 5) is 38.6. The highest BCUT2D eigenvalue weighted by molar-refractivity contribution is 7.99. The maximum absolute atomic E-state index is 14.5. The van der Waals surface area contributed by atoms with Crippen molar-refractivity contribution < 1.29 is 9.59 Å². The zero-order valence-electron chi connectivity index (χ0n) is 18.9. The Morgan fingerprint density at radius 1 is 1.08 bits per heavy atom. The lowest BCUT2D eigenvalue weighted by molar-refractivity contribution is -0.127. The maximum Gasteiger partial charge on any atom is 0.250 e. The fourth-order valence-corrected chi connectivity index (χ4v) is 8.23. The fourth-order valence-electron chi connectivity index (χ4n) is 6.37. The first kappa shape index (κ1) is 22.4. The average Bonchev–Trinajstić information content (AvgIpc) is 3.62. The average molecular weight is 535 g/mol. The van der Waals surface area contributed by atoms with Gasteiger partial charge in [-0.1, -0.05) is 59.6 Å². The lowest BCUT2D eigenvalue weighted by atomic mass is 9.70. The zero-order valence-corrected chi connectivity index (χ0v) is 21.2. The van der Waals surface area contributed by atoms with E-state index in [1.165, 1.54) is 0 Å². The molecular formula is C27H20Cl2N4O2S. The Hall–Kier alpha value is -2.84. The van der Waals surface area contributed by atoms with Crippen LogP contribution in [-0.2, 0) is 10.3 Å². The lowest BCUT2D eigenvalue weighted by Crippen LogP contribution is -2.52. The molecule has 2 fully saturated rings. The number of amides is 1. The molecule has 4 heterocycles. The van der Waals surface area contributed by atoms with E-state index in [0.29, 0.717) is 21.4 Å². The summed E-state index contributed by atoms with van der Waals surface area (Å²) in [6, 6.07) is 20.6. The number of H-pyrrole nitrogens is 1.